The molecule has 5 nitrogen and oxygen atoms in total. The number of hydrogen-bond acceptors (Lipinski definition) is 3. The first kappa shape index (κ1) is 18.4. The number of hydrogen-bond donors (Lipinski definition) is 1. The molecule has 2 aromatic rings. The molecule has 0 bridgehead atoms. The van der Waals surface area contributed by atoms with Crippen LogP contribution < -0.4 is 5.48 Å². The van der Waals surface area contributed by atoms with Crippen LogP contribution in [0, 0.1) is 5.92 Å². The van der Waals surface area contributed by atoms with Gasteiger partial charge in [-0.2, -0.15) is 0 Å². The molecule has 1 aliphatic heterocycles. The van der Waals surface area contributed by atoms with E-state index in [0.717, 1.165) is 18.4 Å². The largest absolute Gasteiger partial charge is 0.338 e. The van der Waals surface area contributed by atoms with Gasteiger partial charge in [-0.3, -0.25) is 14.4 Å². The zero-order valence-corrected chi connectivity index (χ0v) is 15.1. The fourth-order valence-electron chi connectivity index (χ4n) is 3.00. The Morgan fingerprint density at radius 2 is 1.85 bits per heavy atom. The van der Waals surface area contributed by atoms with Crippen molar-refractivity contribution in [1.29, 1.82) is 0 Å². The van der Waals surface area contributed by atoms with Crippen molar-refractivity contribution in [1.82, 2.24) is 10.4 Å². The molecule has 26 heavy (non-hydrogen) atoms. The zero-order valence-electron chi connectivity index (χ0n) is 14.4. The van der Waals surface area contributed by atoms with Gasteiger partial charge in [-0.15, -0.1) is 0 Å². The van der Waals surface area contributed by atoms with Gasteiger partial charge < -0.3 is 4.90 Å². The van der Waals surface area contributed by atoms with Gasteiger partial charge in [-0.25, -0.2) is 5.48 Å². The van der Waals surface area contributed by atoms with E-state index in [1.807, 2.05) is 30.3 Å². The van der Waals surface area contributed by atoms with Crippen molar-refractivity contribution >= 4 is 23.4 Å². The van der Waals surface area contributed by atoms with Gasteiger partial charge in [-0.05, 0) is 42.7 Å². The summed E-state index contributed by atoms with van der Waals surface area (Å²) in [4.78, 5) is 32.0. The molecule has 1 aliphatic rings. The third-order valence-corrected chi connectivity index (χ3v) is 4.68. The third-order valence-electron chi connectivity index (χ3n) is 4.42. The number of carbonyl (C=O) groups is 2. The zero-order chi connectivity index (χ0) is 18.4. The number of carbonyl (C=O) groups excluding carboxylic acids is 2. The van der Waals surface area contributed by atoms with E-state index >= 15 is 0 Å². The van der Waals surface area contributed by atoms with Crippen molar-refractivity contribution in [2.45, 2.75) is 19.4 Å². The normalized spacial score (nSPS) is 17.0. The first-order chi connectivity index (χ1) is 12.6. The molecule has 1 N–H and O–H groups in total. The van der Waals surface area contributed by atoms with Crippen LogP contribution in [0.2, 0.25) is 5.02 Å². The molecule has 2 aromatic carbocycles. The van der Waals surface area contributed by atoms with Crippen molar-refractivity contribution in [2.24, 2.45) is 5.92 Å². The first-order valence-electron chi connectivity index (χ1n) is 8.64. The van der Waals surface area contributed by atoms with Crippen molar-refractivity contribution in [3.63, 3.8) is 0 Å². The number of nitrogens with zero attached hydrogens (tertiary/aromatic N) is 1. The maximum absolute atomic E-state index is 12.6. The van der Waals surface area contributed by atoms with Crippen LogP contribution in [0.5, 0.6) is 0 Å². The fourth-order valence-corrected chi connectivity index (χ4v) is 3.12. The second-order valence-corrected chi connectivity index (χ2v) is 6.77. The fraction of sp³-hybridized carbons (Fsp3) is 0.300. The predicted molar refractivity (Wildman–Crippen MR) is 99.5 cm³/mol. The topological polar surface area (TPSA) is 58.6 Å². The summed E-state index contributed by atoms with van der Waals surface area (Å²) in [6.45, 7) is 1.35. The van der Waals surface area contributed by atoms with Gasteiger partial charge in [-0.1, -0.05) is 41.9 Å². The van der Waals surface area contributed by atoms with E-state index in [-0.39, 0.29) is 17.7 Å². The minimum atomic E-state index is -0.268. The number of nitrogens with one attached hydrogen (secondary N) is 1. The Kier molecular flexibility index (Phi) is 6.26. The lowest BCUT2D eigenvalue weighted by Crippen LogP contribution is -2.45. The molecule has 2 amide bonds. The molecule has 1 saturated heterocycles. The van der Waals surface area contributed by atoms with E-state index in [1.165, 1.54) is 0 Å². The van der Waals surface area contributed by atoms with Gasteiger partial charge in [0.05, 0.1) is 12.5 Å². The summed E-state index contributed by atoms with van der Waals surface area (Å²) in [6, 6.07) is 16.4. The average Bonchev–Trinajstić information content (AvgIpc) is 2.69. The maximum atomic E-state index is 12.6. The Labute approximate surface area is 157 Å². The lowest BCUT2D eigenvalue weighted by molar-refractivity contribution is -0.140. The lowest BCUT2D eigenvalue weighted by Gasteiger charge is -2.32. The number of rotatable bonds is 5. The predicted octanol–water partition coefficient (Wildman–Crippen LogP) is 3.44. The Bertz CT molecular complexity index is 749. The summed E-state index contributed by atoms with van der Waals surface area (Å²) >= 11 is 5.87. The van der Waals surface area contributed by atoms with Crippen molar-refractivity contribution in [2.75, 3.05) is 13.1 Å². The Balaban J connectivity index is 1.51. The van der Waals surface area contributed by atoms with E-state index < -0.39 is 0 Å². The molecular formula is C20H21ClN2O3. The number of piperidine rings is 1. The molecule has 0 unspecified atom stereocenters. The number of likely N-dealkylation sites (tertiary alicyclic amines) is 1. The molecule has 1 fully saturated rings. The van der Waals surface area contributed by atoms with Crippen LogP contribution in [0.25, 0.3) is 0 Å². The Morgan fingerprint density at radius 1 is 1.12 bits per heavy atom. The summed E-state index contributed by atoms with van der Waals surface area (Å²) in [5, 5.41) is 0.591. The van der Waals surface area contributed by atoms with Crippen molar-refractivity contribution < 1.29 is 14.4 Å². The SMILES string of the molecule is O=C(NOCc1ccccc1)[C@H]1CCCN(C(=O)c2ccc(Cl)cc2)C1. The summed E-state index contributed by atoms with van der Waals surface area (Å²) in [5.41, 5.74) is 4.08. The molecule has 0 spiro atoms. The van der Waals surface area contributed by atoms with Crippen LogP contribution in [0.3, 0.4) is 0 Å². The van der Waals surface area contributed by atoms with Gasteiger partial charge >= 0.3 is 0 Å². The number of halogens is 1. The van der Waals surface area contributed by atoms with Gasteiger partial charge in [0.25, 0.3) is 5.91 Å². The second-order valence-electron chi connectivity index (χ2n) is 6.34. The van der Waals surface area contributed by atoms with Gasteiger partial charge in [0.1, 0.15) is 0 Å². The van der Waals surface area contributed by atoms with E-state index in [0.29, 0.717) is 30.3 Å². The summed E-state index contributed by atoms with van der Waals surface area (Å²) < 4.78 is 0. The van der Waals surface area contributed by atoms with Gasteiger partial charge in [0.2, 0.25) is 5.91 Å². The minimum Gasteiger partial charge on any atom is -0.338 e. The maximum Gasteiger partial charge on any atom is 0.253 e. The van der Waals surface area contributed by atoms with Crippen LogP contribution in [0.15, 0.2) is 54.6 Å². The molecule has 6 heteroatoms. The first-order valence-corrected chi connectivity index (χ1v) is 9.01. The Morgan fingerprint density at radius 3 is 2.58 bits per heavy atom. The van der Waals surface area contributed by atoms with Crippen LogP contribution >= 0.6 is 11.6 Å². The minimum absolute atomic E-state index is 0.0793. The second kappa shape index (κ2) is 8.83. The van der Waals surface area contributed by atoms with E-state index in [9.17, 15) is 9.59 Å². The smallest absolute Gasteiger partial charge is 0.253 e. The highest BCUT2D eigenvalue weighted by Crippen LogP contribution is 2.20. The summed E-state index contributed by atoms with van der Waals surface area (Å²) in [5.74, 6) is -0.533. The number of amides is 2. The molecule has 0 radical (unpaired) electrons. The van der Waals surface area contributed by atoms with Crippen molar-refractivity contribution in [3.8, 4) is 0 Å². The van der Waals surface area contributed by atoms with Crippen LogP contribution in [0.1, 0.15) is 28.8 Å². The van der Waals surface area contributed by atoms with Crippen LogP contribution in [-0.4, -0.2) is 29.8 Å². The molecule has 3 rings (SSSR count). The quantitative estimate of drug-likeness (QED) is 0.818. The molecule has 0 saturated carbocycles. The van der Waals surface area contributed by atoms with E-state index in [4.69, 9.17) is 16.4 Å². The van der Waals surface area contributed by atoms with E-state index in [1.54, 1.807) is 29.2 Å². The van der Waals surface area contributed by atoms with Gasteiger partial charge in [0.15, 0.2) is 0 Å². The molecule has 0 aromatic heterocycles. The molecule has 1 atom stereocenters. The van der Waals surface area contributed by atoms with E-state index in [2.05, 4.69) is 5.48 Å². The third kappa shape index (κ3) is 4.84. The molecule has 0 aliphatic carbocycles. The summed E-state index contributed by atoms with van der Waals surface area (Å²) in [7, 11) is 0. The van der Waals surface area contributed by atoms with Gasteiger partial charge in [0, 0.05) is 23.7 Å². The molecule has 1 heterocycles. The standard InChI is InChI=1S/C20H21ClN2O3/c21-18-10-8-16(9-11-18)20(25)23-12-4-7-17(13-23)19(24)22-26-14-15-5-2-1-3-6-15/h1-3,5-6,8-11,17H,4,7,12-14H2,(H,22,24)/t17-/m0/s1. The van der Waals surface area contributed by atoms with Crippen LogP contribution in [-0.2, 0) is 16.2 Å². The molecular weight excluding hydrogens is 352 g/mol. The average molecular weight is 373 g/mol. The lowest BCUT2D eigenvalue weighted by atomic mass is 9.97. The number of hydroxylamine groups is 1. The highest BCUT2D eigenvalue weighted by Gasteiger charge is 2.29. The summed E-state index contributed by atoms with van der Waals surface area (Å²) in [6.07, 6.45) is 1.53. The Hall–Kier alpha value is -2.37. The van der Waals surface area contributed by atoms with Crippen molar-refractivity contribution in [3.05, 3.63) is 70.7 Å². The highest BCUT2D eigenvalue weighted by molar-refractivity contribution is 6.30. The van der Waals surface area contributed by atoms with Crippen LogP contribution in [0.4, 0.5) is 0 Å². The monoisotopic (exact) mass is 372 g/mol. The molecule has 136 valence electrons. The number of benzene rings is 2. The highest BCUT2D eigenvalue weighted by atomic mass is 35.5.